The molecular weight excluding hydrogens is 596 g/mol. The van der Waals surface area contributed by atoms with E-state index in [1.165, 1.54) is 31.4 Å². The van der Waals surface area contributed by atoms with Crippen molar-refractivity contribution in [1.29, 1.82) is 0 Å². The van der Waals surface area contributed by atoms with E-state index in [2.05, 4.69) is 5.43 Å². The van der Waals surface area contributed by atoms with Crippen LogP contribution in [-0.4, -0.2) is 42.1 Å². The van der Waals surface area contributed by atoms with Crippen molar-refractivity contribution in [3.8, 4) is 16.9 Å². The average Bonchev–Trinajstić information content (AvgIpc) is 3.48. The molecule has 0 spiro atoms. The van der Waals surface area contributed by atoms with Gasteiger partial charge in [0.1, 0.15) is 5.82 Å². The number of quaternary nitrogens is 1. The smallest absolute Gasteiger partial charge is 0.440 e. The number of ether oxygens (including phenoxy) is 3. The number of urea groups is 1. The summed E-state index contributed by atoms with van der Waals surface area (Å²) in [4.78, 5) is 40.9. The first kappa shape index (κ1) is 33.0. The van der Waals surface area contributed by atoms with Crippen LogP contribution in [0.15, 0.2) is 30.3 Å². The van der Waals surface area contributed by atoms with Crippen molar-refractivity contribution < 1.29 is 42.8 Å². The molecular formula is C35H40F2N3O6+. The lowest BCUT2D eigenvalue weighted by atomic mass is 9.80. The number of esters is 1. The van der Waals surface area contributed by atoms with E-state index in [-0.39, 0.29) is 24.4 Å². The Hall–Kier alpha value is -4.35. The molecule has 46 heavy (non-hydrogen) atoms. The maximum absolute atomic E-state index is 15.6. The Morgan fingerprint density at radius 2 is 1.70 bits per heavy atom. The standard InChI is InChI=1S/C35H39F2N3O6/c1-18-23-12-9-13-45-30(23)27(37)15-24(18)28-19(2)25-16-40(34(43)39-38-32(41)21-10-8-11-22(36)14-21)17-26(25)20(3)29(28)31(33(42)44-7)46-35(4,5)6/h8,10-11,14-15,31H,9,12-13,16-17H2,1-7H3,(H,38,41)(H,39,43)/p+1. The third-order valence-corrected chi connectivity index (χ3v) is 8.60. The summed E-state index contributed by atoms with van der Waals surface area (Å²) in [5, 5.41) is 0. The number of fused-ring (bicyclic) bond motifs is 2. The van der Waals surface area contributed by atoms with Crippen LogP contribution in [0.1, 0.15) is 82.6 Å². The van der Waals surface area contributed by atoms with Gasteiger partial charge in [0.2, 0.25) is 0 Å². The number of carbonyl (C=O) groups excluding carboxylic acids is 3. The molecule has 2 heterocycles. The quantitative estimate of drug-likeness (QED) is 0.171. The number of nitrogens with one attached hydrogen (secondary N) is 1. The molecule has 2 aliphatic heterocycles. The van der Waals surface area contributed by atoms with E-state index in [1.54, 1.807) is 4.90 Å². The van der Waals surface area contributed by atoms with Gasteiger partial charge in [-0.15, -0.1) is 0 Å². The lowest BCUT2D eigenvalue weighted by molar-refractivity contribution is -0.608. The number of carbonyl (C=O) groups is 3. The van der Waals surface area contributed by atoms with E-state index in [0.717, 1.165) is 51.3 Å². The highest BCUT2D eigenvalue weighted by Crippen LogP contribution is 2.47. The highest BCUT2D eigenvalue weighted by Gasteiger charge is 2.38. The first-order valence-corrected chi connectivity index (χ1v) is 15.3. The number of methoxy groups -OCH3 is 1. The van der Waals surface area contributed by atoms with Crippen LogP contribution in [0.2, 0.25) is 0 Å². The predicted octanol–water partition coefficient (Wildman–Crippen LogP) is 5.26. The molecule has 0 saturated heterocycles. The van der Waals surface area contributed by atoms with Crippen molar-refractivity contribution >= 4 is 17.9 Å². The van der Waals surface area contributed by atoms with Gasteiger partial charge in [-0.25, -0.2) is 18.4 Å². The summed E-state index contributed by atoms with van der Waals surface area (Å²) in [5.74, 6) is -2.00. The molecule has 0 aromatic heterocycles. The van der Waals surface area contributed by atoms with Crippen LogP contribution >= 0.6 is 0 Å². The average molecular weight is 637 g/mol. The summed E-state index contributed by atoms with van der Waals surface area (Å²) >= 11 is 0. The number of halogens is 2. The summed E-state index contributed by atoms with van der Waals surface area (Å²) in [5.41, 5.74) is 9.52. The fourth-order valence-corrected chi connectivity index (χ4v) is 6.39. The van der Waals surface area contributed by atoms with Crippen LogP contribution in [0.5, 0.6) is 5.75 Å². The minimum absolute atomic E-state index is 0.0838. The number of benzene rings is 3. The Bertz CT molecular complexity index is 1730. The molecule has 0 aliphatic carbocycles. The second-order valence-electron chi connectivity index (χ2n) is 12.7. The van der Waals surface area contributed by atoms with Crippen molar-refractivity contribution in [3.63, 3.8) is 0 Å². The van der Waals surface area contributed by atoms with E-state index in [9.17, 15) is 18.8 Å². The predicted molar refractivity (Wildman–Crippen MR) is 166 cm³/mol. The van der Waals surface area contributed by atoms with Crippen LogP contribution < -0.4 is 15.6 Å². The molecule has 1 atom stereocenters. The number of nitrogens with zero attached hydrogens (tertiary/aromatic N) is 1. The zero-order chi connectivity index (χ0) is 33.5. The molecule has 1 unspecified atom stereocenters. The van der Waals surface area contributed by atoms with Crippen molar-refractivity contribution in [1.82, 2.24) is 10.3 Å². The van der Waals surface area contributed by atoms with Gasteiger partial charge in [-0.1, -0.05) is 6.07 Å². The van der Waals surface area contributed by atoms with Gasteiger partial charge >= 0.3 is 12.0 Å². The normalized spacial score (nSPS) is 14.7. The summed E-state index contributed by atoms with van der Waals surface area (Å²) in [6, 6.07) is 6.18. The van der Waals surface area contributed by atoms with E-state index >= 15 is 4.39 Å². The van der Waals surface area contributed by atoms with Gasteiger partial charge in [0, 0.05) is 16.7 Å². The third-order valence-electron chi connectivity index (χ3n) is 8.60. The van der Waals surface area contributed by atoms with E-state index < -0.39 is 41.2 Å². The van der Waals surface area contributed by atoms with E-state index in [0.29, 0.717) is 29.7 Å². The molecule has 0 saturated carbocycles. The maximum Gasteiger partial charge on any atom is 0.440 e. The highest BCUT2D eigenvalue weighted by molar-refractivity contribution is 5.93. The number of hydrogen-bond acceptors (Lipinski definition) is 6. The van der Waals surface area contributed by atoms with Crippen LogP contribution in [0.3, 0.4) is 0 Å². The van der Waals surface area contributed by atoms with Crippen LogP contribution in [0.4, 0.5) is 13.6 Å². The Labute approximate surface area is 267 Å². The van der Waals surface area contributed by atoms with E-state index in [1.807, 2.05) is 41.5 Å². The molecule has 0 bridgehead atoms. The molecule has 5 rings (SSSR count). The van der Waals surface area contributed by atoms with Gasteiger partial charge in [-0.2, -0.15) is 10.9 Å². The zero-order valence-electron chi connectivity index (χ0n) is 27.2. The lowest BCUT2D eigenvalue weighted by Crippen LogP contribution is -2.99. The van der Waals surface area contributed by atoms with Gasteiger partial charge in [0.25, 0.3) is 5.91 Å². The van der Waals surface area contributed by atoms with Crippen molar-refractivity contribution in [2.75, 3.05) is 13.7 Å². The molecule has 3 N–H and O–H groups in total. The van der Waals surface area contributed by atoms with Crippen molar-refractivity contribution in [2.24, 2.45) is 0 Å². The number of hydrogen-bond donors (Lipinski definition) is 2. The Kier molecular flexibility index (Phi) is 9.19. The third kappa shape index (κ3) is 6.34. The SMILES string of the molecule is COC(=O)C(OC(C)(C)C)c1c(C)c2c(c(C)c1-c1cc(F)c3c(c1C)CCCO3)CN(C(=O)[NH2+]NC(=O)c1cccc(F)c1)C2. The monoisotopic (exact) mass is 636 g/mol. The maximum atomic E-state index is 15.6. The lowest BCUT2D eigenvalue weighted by Gasteiger charge is -2.31. The molecule has 2 aliphatic rings. The van der Waals surface area contributed by atoms with E-state index in [4.69, 9.17) is 14.2 Å². The highest BCUT2D eigenvalue weighted by atomic mass is 19.1. The molecule has 9 nitrogen and oxygen atoms in total. The molecule has 0 fully saturated rings. The van der Waals surface area contributed by atoms with Gasteiger partial charge < -0.3 is 14.2 Å². The van der Waals surface area contributed by atoms with Gasteiger partial charge in [0.05, 0.1) is 32.4 Å². The molecule has 0 radical (unpaired) electrons. The van der Waals surface area contributed by atoms with Crippen molar-refractivity contribution in [2.45, 2.75) is 79.2 Å². The summed E-state index contributed by atoms with van der Waals surface area (Å²) in [7, 11) is 1.30. The minimum Gasteiger partial charge on any atom is -0.490 e. The van der Waals surface area contributed by atoms with Crippen molar-refractivity contribution in [3.05, 3.63) is 86.5 Å². The molecule has 3 aromatic rings. The molecule has 3 amide bonds. The zero-order valence-corrected chi connectivity index (χ0v) is 27.2. The number of nitrogens with two attached hydrogens (primary N) is 1. The first-order valence-electron chi connectivity index (χ1n) is 15.3. The second-order valence-corrected chi connectivity index (χ2v) is 12.7. The Balaban J connectivity index is 1.59. The summed E-state index contributed by atoms with van der Waals surface area (Å²) in [6.07, 6.45) is 0.274. The summed E-state index contributed by atoms with van der Waals surface area (Å²) in [6.45, 7) is 12.1. The van der Waals surface area contributed by atoms with Crippen LogP contribution in [0.25, 0.3) is 11.1 Å². The Morgan fingerprint density at radius 3 is 2.35 bits per heavy atom. The van der Waals surface area contributed by atoms with Gasteiger partial charge in [-0.3, -0.25) is 9.69 Å². The Morgan fingerprint density at radius 1 is 1.00 bits per heavy atom. The number of nitrogen functional groups attached to an aromatic ring is 1. The topological polar surface area (TPSA) is 111 Å². The second kappa shape index (κ2) is 12.8. The summed E-state index contributed by atoms with van der Waals surface area (Å²) < 4.78 is 46.5. The molecule has 11 heteroatoms. The minimum atomic E-state index is -1.14. The van der Waals surface area contributed by atoms with Crippen LogP contribution in [-0.2, 0) is 33.8 Å². The fraction of sp³-hybridized carbons (Fsp3) is 0.400. The number of primary amides is 1. The molecule has 244 valence electrons. The van der Waals surface area contributed by atoms with Crippen LogP contribution in [0, 0.1) is 32.4 Å². The fourth-order valence-electron chi connectivity index (χ4n) is 6.39. The number of amides is 3. The first-order chi connectivity index (χ1) is 21.7. The molecule has 3 aromatic carbocycles. The number of rotatable bonds is 5. The largest absolute Gasteiger partial charge is 0.490 e. The van der Waals surface area contributed by atoms with Gasteiger partial charge in [-0.05, 0) is 118 Å². The van der Waals surface area contributed by atoms with Gasteiger partial charge in [0.15, 0.2) is 17.7 Å².